The molecule has 0 bridgehead atoms. The van der Waals surface area contributed by atoms with E-state index < -0.39 is 0 Å². The summed E-state index contributed by atoms with van der Waals surface area (Å²) in [6.07, 6.45) is 8.43. The highest BCUT2D eigenvalue weighted by Gasteiger charge is 2.35. The van der Waals surface area contributed by atoms with Crippen LogP contribution in [0.2, 0.25) is 0 Å². The van der Waals surface area contributed by atoms with E-state index in [1.165, 1.54) is 12.4 Å². The van der Waals surface area contributed by atoms with Crippen LogP contribution in [0.15, 0.2) is 36.9 Å². The lowest BCUT2D eigenvalue weighted by Crippen LogP contribution is -2.48. The van der Waals surface area contributed by atoms with E-state index in [0.29, 0.717) is 30.8 Å². The molecule has 1 saturated carbocycles. The van der Waals surface area contributed by atoms with Gasteiger partial charge in [-0.1, -0.05) is 0 Å². The number of aromatic nitrogens is 3. The molecule has 0 radical (unpaired) electrons. The number of hydrogen-bond donors (Lipinski definition) is 3. The molecule has 3 N–H and O–H groups in total. The molecule has 1 atom stereocenters. The predicted octanol–water partition coefficient (Wildman–Crippen LogP) is 1.42. The summed E-state index contributed by atoms with van der Waals surface area (Å²) in [6, 6.07) is 3.86. The average molecular weight is 341 g/mol. The fourth-order valence-electron chi connectivity index (χ4n) is 3.01. The largest absolute Gasteiger partial charge is 0.393 e. The van der Waals surface area contributed by atoms with Crippen LogP contribution in [-0.2, 0) is 6.42 Å². The van der Waals surface area contributed by atoms with Crippen LogP contribution in [0.3, 0.4) is 0 Å². The number of hydrogen-bond acceptors (Lipinski definition) is 6. The second-order valence-electron chi connectivity index (χ2n) is 6.35. The number of anilines is 1. The molecule has 1 amide bonds. The molecule has 7 nitrogen and oxygen atoms in total. The SMILES string of the molecule is CCNc1ncc(C(=O)N[C@H](Cc2ccncc2)C2CC(O)C2)cn1. The summed E-state index contributed by atoms with van der Waals surface area (Å²) in [5.74, 6) is 0.590. The third-order valence-electron chi connectivity index (χ3n) is 4.49. The van der Waals surface area contributed by atoms with Crippen molar-refractivity contribution in [2.75, 3.05) is 11.9 Å². The van der Waals surface area contributed by atoms with Gasteiger partial charge in [-0.05, 0) is 49.8 Å². The lowest BCUT2D eigenvalue weighted by Gasteiger charge is -2.38. The fraction of sp³-hybridized carbons (Fsp3) is 0.444. The second-order valence-corrected chi connectivity index (χ2v) is 6.35. The van der Waals surface area contributed by atoms with Gasteiger partial charge in [0.2, 0.25) is 5.95 Å². The normalized spacial score (nSPS) is 20.4. The Kier molecular flexibility index (Phi) is 5.55. The van der Waals surface area contributed by atoms with Crippen LogP contribution in [0.1, 0.15) is 35.7 Å². The van der Waals surface area contributed by atoms with Gasteiger partial charge in [0, 0.05) is 37.4 Å². The van der Waals surface area contributed by atoms with Gasteiger partial charge in [0.05, 0.1) is 11.7 Å². The minimum atomic E-state index is -0.260. The lowest BCUT2D eigenvalue weighted by molar-refractivity contribution is 0.0239. The maximum atomic E-state index is 12.6. The molecule has 3 rings (SSSR count). The molecule has 1 aliphatic rings. The summed E-state index contributed by atoms with van der Waals surface area (Å²) >= 11 is 0. The summed E-state index contributed by atoms with van der Waals surface area (Å²) in [6.45, 7) is 2.68. The first-order chi connectivity index (χ1) is 12.2. The van der Waals surface area contributed by atoms with Crippen molar-refractivity contribution < 1.29 is 9.90 Å². The van der Waals surface area contributed by atoms with Gasteiger partial charge in [-0.25, -0.2) is 9.97 Å². The number of carbonyl (C=O) groups excluding carboxylic acids is 1. The molecule has 25 heavy (non-hydrogen) atoms. The first-order valence-corrected chi connectivity index (χ1v) is 8.59. The first kappa shape index (κ1) is 17.3. The molecule has 0 spiro atoms. The van der Waals surface area contributed by atoms with Crippen molar-refractivity contribution in [2.45, 2.75) is 38.3 Å². The van der Waals surface area contributed by atoms with Crippen molar-refractivity contribution in [3.63, 3.8) is 0 Å². The highest BCUT2D eigenvalue weighted by atomic mass is 16.3. The summed E-state index contributed by atoms with van der Waals surface area (Å²) in [5, 5.41) is 15.7. The Hall–Kier alpha value is -2.54. The van der Waals surface area contributed by atoms with Crippen molar-refractivity contribution in [3.05, 3.63) is 48.0 Å². The maximum Gasteiger partial charge on any atom is 0.254 e. The molecule has 0 saturated heterocycles. The van der Waals surface area contributed by atoms with E-state index in [2.05, 4.69) is 25.6 Å². The van der Waals surface area contributed by atoms with E-state index in [1.54, 1.807) is 12.4 Å². The number of pyridine rings is 1. The Morgan fingerprint density at radius 2 is 1.96 bits per heavy atom. The Morgan fingerprint density at radius 1 is 1.28 bits per heavy atom. The van der Waals surface area contributed by atoms with Crippen LogP contribution < -0.4 is 10.6 Å². The van der Waals surface area contributed by atoms with Gasteiger partial charge >= 0.3 is 0 Å². The van der Waals surface area contributed by atoms with Gasteiger partial charge in [-0.3, -0.25) is 9.78 Å². The zero-order valence-corrected chi connectivity index (χ0v) is 14.2. The number of carbonyl (C=O) groups is 1. The standard InChI is InChI=1S/C18H23N5O2/c1-2-20-18-21-10-14(11-22-18)17(25)23-16(13-8-15(24)9-13)7-12-3-5-19-6-4-12/h3-6,10-11,13,15-16,24H,2,7-9H2,1H3,(H,23,25)(H,20,21,22)/t13?,15?,16-/m1/s1. The van der Waals surface area contributed by atoms with Crippen molar-refractivity contribution >= 4 is 11.9 Å². The third kappa shape index (κ3) is 4.51. The second kappa shape index (κ2) is 8.02. The van der Waals surface area contributed by atoms with E-state index in [0.717, 1.165) is 12.1 Å². The van der Waals surface area contributed by atoms with Crippen LogP contribution >= 0.6 is 0 Å². The Morgan fingerprint density at radius 3 is 2.56 bits per heavy atom. The number of nitrogens with one attached hydrogen (secondary N) is 2. The van der Waals surface area contributed by atoms with Gasteiger partial charge in [-0.15, -0.1) is 0 Å². The monoisotopic (exact) mass is 341 g/mol. The van der Waals surface area contributed by atoms with E-state index >= 15 is 0 Å². The predicted molar refractivity (Wildman–Crippen MR) is 94.1 cm³/mol. The Bertz CT molecular complexity index is 686. The van der Waals surface area contributed by atoms with Crippen LogP contribution in [0.5, 0.6) is 0 Å². The summed E-state index contributed by atoms with van der Waals surface area (Å²) in [4.78, 5) is 24.9. The molecule has 0 aromatic carbocycles. The van der Waals surface area contributed by atoms with Crippen LogP contribution in [0.4, 0.5) is 5.95 Å². The highest BCUT2D eigenvalue weighted by molar-refractivity contribution is 5.93. The van der Waals surface area contributed by atoms with Crippen LogP contribution in [-0.4, -0.2) is 44.7 Å². The quantitative estimate of drug-likeness (QED) is 0.704. The van der Waals surface area contributed by atoms with Crippen molar-refractivity contribution in [2.24, 2.45) is 5.92 Å². The molecular weight excluding hydrogens is 318 g/mol. The van der Waals surface area contributed by atoms with E-state index in [4.69, 9.17) is 0 Å². The molecule has 1 aliphatic carbocycles. The summed E-state index contributed by atoms with van der Waals surface area (Å²) < 4.78 is 0. The Balaban J connectivity index is 1.67. The summed E-state index contributed by atoms with van der Waals surface area (Å²) in [5.41, 5.74) is 1.54. The minimum absolute atomic E-state index is 0.0354. The number of rotatable bonds is 7. The molecule has 7 heteroatoms. The Labute approximate surface area is 146 Å². The van der Waals surface area contributed by atoms with Crippen molar-refractivity contribution in [3.8, 4) is 0 Å². The molecule has 2 heterocycles. The number of aliphatic hydroxyl groups is 1. The molecule has 1 fully saturated rings. The van der Waals surface area contributed by atoms with E-state index in [9.17, 15) is 9.90 Å². The molecule has 0 unspecified atom stereocenters. The van der Waals surface area contributed by atoms with E-state index in [1.807, 2.05) is 19.1 Å². The van der Waals surface area contributed by atoms with E-state index in [-0.39, 0.29) is 24.0 Å². The molecule has 0 aliphatic heterocycles. The topological polar surface area (TPSA) is 100 Å². The van der Waals surface area contributed by atoms with Gasteiger partial charge in [0.15, 0.2) is 0 Å². The number of nitrogens with zero attached hydrogens (tertiary/aromatic N) is 3. The number of amides is 1. The van der Waals surface area contributed by atoms with Gasteiger partial charge in [0.1, 0.15) is 0 Å². The zero-order chi connectivity index (χ0) is 17.6. The van der Waals surface area contributed by atoms with Crippen molar-refractivity contribution in [1.82, 2.24) is 20.3 Å². The van der Waals surface area contributed by atoms with Gasteiger partial charge in [-0.2, -0.15) is 0 Å². The number of aliphatic hydroxyl groups excluding tert-OH is 1. The van der Waals surface area contributed by atoms with Crippen LogP contribution in [0.25, 0.3) is 0 Å². The average Bonchev–Trinajstić information content (AvgIpc) is 2.60. The van der Waals surface area contributed by atoms with Crippen molar-refractivity contribution in [1.29, 1.82) is 0 Å². The smallest absolute Gasteiger partial charge is 0.254 e. The maximum absolute atomic E-state index is 12.6. The summed E-state index contributed by atoms with van der Waals surface area (Å²) in [7, 11) is 0. The minimum Gasteiger partial charge on any atom is -0.393 e. The molecular formula is C18H23N5O2. The molecule has 2 aromatic heterocycles. The highest BCUT2D eigenvalue weighted by Crippen LogP contribution is 2.31. The lowest BCUT2D eigenvalue weighted by atomic mass is 9.75. The third-order valence-corrected chi connectivity index (χ3v) is 4.49. The van der Waals surface area contributed by atoms with Crippen LogP contribution in [0, 0.1) is 5.92 Å². The van der Waals surface area contributed by atoms with Gasteiger partial charge < -0.3 is 15.7 Å². The molecule has 132 valence electrons. The van der Waals surface area contributed by atoms with Gasteiger partial charge in [0.25, 0.3) is 5.91 Å². The zero-order valence-electron chi connectivity index (χ0n) is 14.2. The fourth-order valence-corrected chi connectivity index (χ4v) is 3.01. The molecule has 2 aromatic rings. The first-order valence-electron chi connectivity index (χ1n) is 8.59.